The lowest BCUT2D eigenvalue weighted by molar-refractivity contribution is -0.136. The van der Waals surface area contributed by atoms with E-state index in [0.717, 1.165) is 48.3 Å². The molecule has 1 aromatic heterocycles. The molecule has 0 bridgehead atoms. The van der Waals surface area contributed by atoms with Crippen molar-refractivity contribution in [3.63, 3.8) is 0 Å². The number of nitrogens with one attached hydrogen (secondary N) is 1. The molecule has 0 spiro atoms. The smallest absolute Gasteiger partial charge is 0.303 e. The molecule has 170 valence electrons. The van der Waals surface area contributed by atoms with Crippen LogP contribution in [0.1, 0.15) is 55.8 Å². The number of aromatic nitrogens is 2. The van der Waals surface area contributed by atoms with E-state index in [1.165, 1.54) is 0 Å². The molecule has 7 nitrogen and oxygen atoms in total. The normalized spacial score (nSPS) is 11.8. The number of ether oxygens (including phenoxy) is 1. The molecular weight excluding hydrogens is 412 g/mol. The molecule has 0 radical (unpaired) electrons. The van der Waals surface area contributed by atoms with Crippen molar-refractivity contribution in [2.45, 2.75) is 57.9 Å². The molecule has 4 N–H and O–H groups in total. The summed E-state index contributed by atoms with van der Waals surface area (Å²) in [4.78, 5) is 20.2. The minimum Gasteiger partial charge on any atom is -0.496 e. The van der Waals surface area contributed by atoms with Crippen LogP contribution in [-0.2, 0) is 17.6 Å². The van der Waals surface area contributed by atoms with Crippen LogP contribution < -0.4 is 15.8 Å². The Morgan fingerprint density at radius 2 is 2.06 bits per heavy atom. The number of benzene rings is 1. The van der Waals surface area contributed by atoms with Crippen LogP contribution in [0.2, 0.25) is 0 Å². The number of methoxy groups -OCH3 is 1. The number of nitrogens with two attached hydrogens (primary N) is 1. The fourth-order valence-electron chi connectivity index (χ4n) is 3.52. The molecule has 0 amide bonds. The molecule has 0 saturated carbocycles. The van der Waals surface area contributed by atoms with Crippen LogP contribution in [0.5, 0.6) is 5.75 Å². The fourth-order valence-corrected chi connectivity index (χ4v) is 4.04. The van der Waals surface area contributed by atoms with E-state index >= 15 is 0 Å². The lowest BCUT2D eigenvalue weighted by atomic mass is 9.99. The van der Waals surface area contributed by atoms with Gasteiger partial charge in [0.1, 0.15) is 11.6 Å². The average molecular weight is 447 g/mol. The molecule has 8 heteroatoms. The Bertz CT molecular complexity index is 840. The number of aliphatic carboxylic acids is 1. The Morgan fingerprint density at radius 1 is 1.29 bits per heavy atom. The number of nitrogen functional groups attached to an aromatic ring is 1. The van der Waals surface area contributed by atoms with Crippen molar-refractivity contribution in [3.8, 4) is 5.75 Å². The molecule has 31 heavy (non-hydrogen) atoms. The van der Waals surface area contributed by atoms with Crippen LogP contribution in [0.3, 0.4) is 0 Å². The Balaban J connectivity index is 2.44. The van der Waals surface area contributed by atoms with Crippen molar-refractivity contribution in [2.24, 2.45) is 0 Å². The number of rotatable bonds is 14. The van der Waals surface area contributed by atoms with Crippen LogP contribution in [0, 0.1) is 0 Å². The van der Waals surface area contributed by atoms with Gasteiger partial charge in [0.15, 0.2) is 0 Å². The molecule has 1 atom stereocenters. The Morgan fingerprint density at radius 3 is 2.74 bits per heavy atom. The van der Waals surface area contributed by atoms with Gasteiger partial charge in [-0.1, -0.05) is 38.0 Å². The predicted octanol–water partition coefficient (Wildman–Crippen LogP) is 4.40. The summed E-state index contributed by atoms with van der Waals surface area (Å²) in [6.45, 7) is 2.19. The number of carbonyl (C=O) groups is 1. The van der Waals surface area contributed by atoms with Gasteiger partial charge < -0.3 is 20.9 Å². The second-order valence-electron chi connectivity index (χ2n) is 7.50. The monoisotopic (exact) mass is 446 g/mol. The first-order valence-electron chi connectivity index (χ1n) is 10.7. The summed E-state index contributed by atoms with van der Waals surface area (Å²) in [5, 5.41) is 12.8. The van der Waals surface area contributed by atoms with E-state index in [-0.39, 0.29) is 18.4 Å². The Kier molecular flexibility index (Phi) is 10.4. The molecule has 1 heterocycles. The largest absolute Gasteiger partial charge is 0.496 e. The van der Waals surface area contributed by atoms with E-state index in [1.54, 1.807) is 7.11 Å². The summed E-state index contributed by atoms with van der Waals surface area (Å²) in [6.07, 6.45) is 7.23. The van der Waals surface area contributed by atoms with Crippen molar-refractivity contribution < 1.29 is 14.6 Å². The average Bonchev–Trinajstić information content (AvgIpc) is 2.76. The lowest BCUT2D eigenvalue weighted by Gasteiger charge is -2.22. The molecular formula is C23H34N4O3S. The van der Waals surface area contributed by atoms with E-state index in [1.807, 2.05) is 36.0 Å². The number of nitrogens with zero attached hydrogens (tertiary/aromatic N) is 2. The van der Waals surface area contributed by atoms with E-state index < -0.39 is 5.97 Å². The zero-order valence-electron chi connectivity index (χ0n) is 18.7. The highest BCUT2D eigenvalue weighted by atomic mass is 32.2. The summed E-state index contributed by atoms with van der Waals surface area (Å²) in [6, 6.07) is 8.07. The van der Waals surface area contributed by atoms with Crippen LogP contribution in [0.4, 0.5) is 11.8 Å². The van der Waals surface area contributed by atoms with Crippen LogP contribution in [-0.4, -0.2) is 46.2 Å². The highest BCUT2D eigenvalue weighted by Crippen LogP contribution is 2.28. The molecule has 0 aliphatic carbocycles. The van der Waals surface area contributed by atoms with Crippen LogP contribution >= 0.6 is 11.8 Å². The number of thioether (sulfide) groups is 1. The van der Waals surface area contributed by atoms with Crippen LogP contribution in [0.25, 0.3) is 0 Å². The number of carboxylic acid groups (broad SMARTS) is 1. The quantitative estimate of drug-likeness (QED) is 0.392. The van der Waals surface area contributed by atoms with Crippen molar-refractivity contribution in [3.05, 3.63) is 41.1 Å². The van der Waals surface area contributed by atoms with Gasteiger partial charge >= 0.3 is 5.97 Å². The van der Waals surface area contributed by atoms with Gasteiger partial charge in [-0.15, -0.1) is 0 Å². The fraction of sp³-hybridized carbons (Fsp3) is 0.522. The number of anilines is 2. The summed E-state index contributed by atoms with van der Waals surface area (Å²) in [7, 11) is 1.64. The van der Waals surface area contributed by atoms with Crippen LogP contribution in [0.15, 0.2) is 24.3 Å². The minimum atomic E-state index is -0.865. The third kappa shape index (κ3) is 7.94. The number of aryl methyl sites for hydroxylation is 1. The summed E-state index contributed by atoms with van der Waals surface area (Å²) >= 11 is 1.82. The highest BCUT2D eigenvalue weighted by molar-refractivity contribution is 7.98. The van der Waals surface area contributed by atoms with Crippen molar-refractivity contribution >= 4 is 29.5 Å². The highest BCUT2D eigenvalue weighted by Gasteiger charge is 2.19. The molecule has 0 fully saturated rings. The van der Waals surface area contributed by atoms with Gasteiger partial charge in [-0.2, -0.15) is 16.7 Å². The maximum absolute atomic E-state index is 11.2. The van der Waals surface area contributed by atoms with Gasteiger partial charge in [0.2, 0.25) is 5.95 Å². The van der Waals surface area contributed by atoms with Gasteiger partial charge in [-0.05, 0) is 36.5 Å². The Hall–Kier alpha value is -2.48. The number of hydrogen-bond acceptors (Lipinski definition) is 7. The minimum absolute atomic E-state index is 0.0133. The molecule has 2 rings (SSSR count). The first-order chi connectivity index (χ1) is 15.0. The number of para-hydroxylation sites is 1. The van der Waals surface area contributed by atoms with E-state index in [4.69, 9.17) is 10.5 Å². The zero-order chi connectivity index (χ0) is 22.6. The second-order valence-corrected chi connectivity index (χ2v) is 8.49. The van der Waals surface area contributed by atoms with Gasteiger partial charge in [0, 0.05) is 24.4 Å². The van der Waals surface area contributed by atoms with Crippen molar-refractivity contribution in [2.75, 3.05) is 30.2 Å². The second kappa shape index (κ2) is 13.0. The maximum Gasteiger partial charge on any atom is 0.303 e. The molecule has 2 aromatic rings. The third-order valence-electron chi connectivity index (χ3n) is 5.16. The van der Waals surface area contributed by atoms with Gasteiger partial charge in [0.05, 0.1) is 19.2 Å². The molecule has 0 saturated heterocycles. The predicted molar refractivity (Wildman–Crippen MR) is 128 cm³/mol. The SMILES string of the molecule is CCCC[C@@H](CCSC)Nc1nc(N)nc(CCC(=O)O)c1Cc1ccccc1OC. The summed E-state index contributed by atoms with van der Waals surface area (Å²) in [5.41, 5.74) is 8.56. The first-order valence-corrected chi connectivity index (χ1v) is 12.1. The van der Waals surface area contributed by atoms with Gasteiger partial charge in [-0.25, -0.2) is 4.98 Å². The molecule has 1 aromatic carbocycles. The van der Waals surface area contributed by atoms with E-state index in [2.05, 4.69) is 28.5 Å². The van der Waals surface area contributed by atoms with Gasteiger partial charge in [0.25, 0.3) is 0 Å². The molecule has 0 aliphatic rings. The topological polar surface area (TPSA) is 110 Å². The van der Waals surface area contributed by atoms with E-state index in [9.17, 15) is 9.90 Å². The molecule has 0 aliphatic heterocycles. The zero-order valence-corrected chi connectivity index (χ0v) is 19.5. The summed E-state index contributed by atoms with van der Waals surface area (Å²) < 4.78 is 5.52. The van der Waals surface area contributed by atoms with E-state index in [0.29, 0.717) is 24.4 Å². The lowest BCUT2D eigenvalue weighted by Crippen LogP contribution is -2.23. The Labute approximate surface area is 189 Å². The summed E-state index contributed by atoms with van der Waals surface area (Å²) in [5.74, 6) is 1.82. The first kappa shape index (κ1) is 24.8. The van der Waals surface area contributed by atoms with Gasteiger partial charge in [-0.3, -0.25) is 4.79 Å². The number of unbranched alkanes of at least 4 members (excludes halogenated alkanes) is 1. The number of carboxylic acids is 1. The number of hydrogen-bond donors (Lipinski definition) is 3. The maximum atomic E-state index is 11.2. The van der Waals surface area contributed by atoms with Crippen molar-refractivity contribution in [1.29, 1.82) is 0 Å². The van der Waals surface area contributed by atoms with Crippen molar-refractivity contribution in [1.82, 2.24) is 9.97 Å². The third-order valence-corrected chi connectivity index (χ3v) is 5.81. The standard InChI is InChI=1S/C23H34N4O3S/c1-4-5-9-17(13-14-31-3)25-22-18(15-16-8-6-7-10-20(16)30-2)19(11-12-21(28)29)26-23(24)27-22/h6-8,10,17H,4-5,9,11-15H2,1-3H3,(H,28,29)(H3,24,25,26,27)/t17-/m0/s1. The molecule has 0 unspecified atom stereocenters.